The van der Waals surface area contributed by atoms with Gasteiger partial charge in [0, 0.05) is 58.6 Å². The van der Waals surface area contributed by atoms with E-state index < -0.39 is 60.1 Å². The normalized spacial score (nSPS) is 32.1. The molecule has 10 aliphatic rings. The van der Waals surface area contributed by atoms with Crippen molar-refractivity contribution >= 4 is 41.1 Å². The zero-order chi connectivity index (χ0) is 61.9. The van der Waals surface area contributed by atoms with Gasteiger partial charge in [-0.1, -0.05) is 140 Å². The highest BCUT2D eigenvalue weighted by atomic mass is 16.6. The van der Waals surface area contributed by atoms with E-state index in [0.29, 0.717) is 66.2 Å². The number of ether oxygens (including phenoxy) is 4. The summed E-state index contributed by atoms with van der Waals surface area (Å²) >= 11 is 0. The van der Waals surface area contributed by atoms with E-state index in [1.54, 1.807) is 13.0 Å². The van der Waals surface area contributed by atoms with Gasteiger partial charge < -0.3 is 43.8 Å². The summed E-state index contributed by atoms with van der Waals surface area (Å²) in [5.74, 6) is -1.41. The molecule has 2 spiro atoms. The topological polar surface area (TPSA) is 182 Å². The predicted octanol–water partition coefficient (Wildman–Crippen LogP) is 13.5. The Morgan fingerprint density at radius 1 is 0.736 bits per heavy atom. The average molecular weight is 1220 g/mol. The standard InChI is InChI=1S/C79H80O12/c1-45(41-81)56-25-20-46-17-18-50-37-49(46)31-35-77-33-8-34-78(68(77)40-62-58-13-4-2-9-47(58)22-29-65(62)77)74(90-75(56)85)73(71-67(91-78)30-28-61-63(42-82)70(76(86)89-72(61)71)52(32-36-80)43-87-44-83)88-69(84)39-53-38-51(21-26-57(50)53)59-14-7-16-66-60(59)27-24-55-12-6-11-54-23-19-48-10-3-5-15-64(48)79(54,55)66/h2-5,7,9-10,13-19,21-24,26-30,37,51-55,57,62,65,68,73-74,80-83H,6,8,11-12,20,25,31-36,38-44H2,1H3/b56-45-/t51-,52-,53-,54-,55+,57+,62+,65+,68-,73-,74+,77-,78+,79+/m1/s1. The fourth-order valence-electron chi connectivity index (χ4n) is 20.4. The van der Waals surface area contributed by atoms with Crippen LogP contribution in [0.5, 0.6) is 5.75 Å². The summed E-state index contributed by atoms with van der Waals surface area (Å²) in [4.78, 5) is 46.9. The van der Waals surface area contributed by atoms with Crippen LogP contribution < -0.4 is 10.4 Å². The molecule has 91 heavy (non-hydrogen) atoms. The number of aryl methyl sites for hydroxylation is 2. The van der Waals surface area contributed by atoms with E-state index in [4.69, 9.17) is 23.4 Å². The van der Waals surface area contributed by atoms with Crippen molar-refractivity contribution in [2.45, 2.75) is 150 Å². The second-order valence-corrected chi connectivity index (χ2v) is 28.1. The van der Waals surface area contributed by atoms with Crippen molar-refractivity contribution in [2.75, 3.05) is 26.6 Å². The number of esters is 2. The van der Waals surface area contributed by atoms with Gasteiger partial charge in [-0.15, -0.1) is 0 Å². The molecule has 4 heterocycles. The summed E-state index contributed by atoms with van der Waals surface area (Å²) in [5, 5.41) is 42.8. The molecule has 7 aliphatic carbocycles. The summed E-state index contributed by atoms with van der Waals surface area (Å²) < 4.78 is 34.4. The summed E-state index contributed by atoms with van der Waals surface area (Å²) in [7, 11) is 0. The van der Waals surface area contributed by atoms with Crippen molar-refractivity contribution in [2.24, 2.45) is 35.0 Å². The molecule has 12 heteroatoms. The molecule has 3 saturated carbocycles. The third-order valence-electron chi connectivity index (χ3n) is 24.2. The zero-order valence-electron chi connectivity index (χ0n) is 51.7. The Morgan fingerprint density at radius 3 is 2.37 bits per heavy atom. The Bertz CT molecular complexity index is 4160. The van der Waals surface area contributed by atoms with Crippen LogP contribution in [0, 0.1) is 35.0 Å². The van der Waals surface area contributed by atoms with Crippen molar-refractivity contribution in [3.8, 4) is 5.75 Å². The molecule has 0 saturated heterocycles. The maximum absolute atomic E-state index is 16.2. The van der Waals surface area contributed by atoms with Gasteiger partial charge in [0.2, 0.25) is 0 Å². The van der Waals surface area contributed by atoms with Gasteiger partial charge in [-0.25, -0.2) is 9.59 Å². The number of hydrogen-bond acceptors (Lipinski definition) is 12. The molecule has 4 N–H and O–H groups in total. The Morgan fingerprint density at radius 2 is 1.54 bits per heavy atom. The molecule has 0 radical (unpaired) electrons. The van der Waals surface area contributed by atoms with Crippen LogP contribution in [0.4, 0.5) is 0 Å². The second-order valence-electron chi connectivity index (χ2n) is 28.1. The number of rotatable bonds is 9. The maximum Gasteiger partial charge on any atom is 0.340 e. The molecule has 6 aromatic rings. The molecule has 16 rings (SSSR count). The largest absolute Gasteiger partial charge is 0.482 e. The number of carbonyl (C=O) groups is 2. The minimum absolute atomic E-state index is 0.00236. The summed E-state index contributed by atoms with van der Waals surface area (Å²) in [5.41, 5.74) is 11.2. The van der Waals surface area contributed by atoms with Crippen LogP contribution in [-0.2, 0) is 48.7 Å². The third-order valence-corrected chi connectivity index (χ3v) is 24.2. The quantitative estimate of drug-likeness (QED) is 0.0354. The lowest BCUT2D eigenvalue weighted by Gasteiger charge is -2.58. The van der Waals surface area contributed by atoms with Crippen molar-refractivity contribution in [1.29, 1.82) is 0 Å². The number of aliphatic hydroxyl groups is 4. The van der Waals surface area contributed by atoms with E-state index in [2.05, 4.69) is 134 Å². The van der Waals surface area contributed by atoms with Gasteiger partial charge in [-0.05, 0) is 198 Å². The maximum atomic E-state index is 16.2. The number of allylic oxidation sites excluding steroid dienone is 5. The molecule has 5 aromatic carbocycles. The molecule has 0 unspecified atom stereocenters. The summed E-state index contributed by atoms with van der Waals surface area (Å²) in [6.45, 7) is -0.283. The van der Waals surface area contributed by atoms with Gasteiger partial charge in [0.05, 0.1) is 25.4 Å². The van der Waals surface area contributed by atoms with Gasteiger partial charge in [0.25, 0.3) is 0 Å². The number of fused-ring (bicyclic) bond motifs is 13. The fraction of sp³-hybridized carbons (Fsp3) is 0.430. The monoisotopic (exact) mass is 1220 g/mol. The van der Waals surface area contributed by atoms with Gasteiger partial charge in [-0.2, -0.15) is 0 Å². The van der Waals surface area contributed by atoms with Crippen LogP contribution in [0.2, 0.25) is 0 Å². The van der Waals surface area contributed by atoms with Crippen molar-refractivity contribution in [1.82, 2.24) is 0 Å². The minimum atomic E-state index is -1.39. The van der Waals surface area contributed by atoms with Crippen LogP contribution in [0.25, 0.3) is 29.2 Å². The first-order chi connectivity index (χ1) is 44.5. The first-order valence-electron chi connectivity index (χ1n) is 33.6. The molecule has 468 valence electrons. The summed E-state index contributed by atoms with van der Waals surface area (Å²) in [6.07, 6.45) is 25.8. The Balaban J connectivity index is 0.902. The fourth-order valence-corrected chi connectivity index (χ4v) is 20.4. The second kappa shape index (κ2) is 23.0. The molecule has 3 aliphatic heterocycles. The minimum Gasteiger partial charge on any atom is -0.482 e. The lowest BCUT2D eigenvalue weighted by Crippen LogP contribution is -2.65. The highest BCUT2D eigenvalue weighted by Gasteiger charge is 2.70. The van der Waals surface area contributed by atoms with Crippen LogP contribution >= 0.6 is 0 Å². The molecule has 0 amide bonds. The molecule has 1 aromatic heterocycles. The average Bonchev–Trinajstić information content (AvgIpc) is 1.68. The van der Waals surface area contributed by atoms with Gasteiger partial charge in [0.15, 0.2) is 17.8 Å². The summed E-state index contributed by atoms with van der Waals surface area (Å²) in [6, 6.07) is 35.0. The Kier molecular flexibility index (Phi) is 14.8. The van der Waals surface area contributed by atoms with E-state index in [0.717, 1.165) is 43.2 Å². The molecule has 12 nitrogen and oxygen atoms in total. The molecule has 14 atom stereocenters. The van der Waals surface area contributed by atoms with Gasteiger partial charge in [0.1, 0.15) is 18.1 Å². The Hall–Kier alpha value is -7.45. The smallest absolute Gasteiger partial charge is 0.340 e. The van der Waals surface area contributed by atoms with E-state index in [-0.39, 0.29) is 102 Å². The van der Waals surface area contributed by atoms with E-state index in [9.17, 15) is 25.2 Å². The Labute approximate surface area is 531 Å². The van der Waals surface area contributed by atoms with Crippen molar-refractivity contribution < 1.29 is 53.4 Å². The van der Waals surface area contributed by atoms with E-state index in [1.807, 2.05) is 6.07 Å². The van der Waals surface area contributed by atoms with Crippen LogP contribution in [0.15, 0.2) is 148 Å². The lowest BCUT2D eigenvalue weighted by molar-refractivity contribution is -0.221. The third kappa shape index (κ3) is 9.03. The molecular weight excluding hydrogens is 1140 g/mol. The molecule has 3 fully saturated rings. The van der Waals surface area contributed by atoms with Crippen LogP contribution in [0.3, 0.4) is 0 Å². The van der Waals surface area contributed by atoms with E-state index in [1.165, 1.54) is 50.9 Å². The molecular formula is C79H80O12. The molecule has 6 bridgehead atoms. The zero-order valence-corrected chi connectivity index (χ0v) is 51.7. The number of carbonyl (C=O) groups excluding carboxylic acids is 2. The van der Waals surface area contributed by atoms with Crippen LogP contribution in [0.1, 0.15) is 186 Å². The first kappa shape index (κ1) is 58.6. The van der Waals surface area contributed by atoms with Crippen molar-refractivity contribution in [3.05, 3.63) is 221 Å². The van der Waals surface area contributed by atoms with E-state index >= 15 is 9.59 Å². The lowest BCUT2D eigenvalue weighted by atomic mass is 9.49. The first-order valence-corrected chi connectivity index (χ1v) is 33.6. The number of aliphatic hydroxyl groups excluding tert-OH is 4. The number of benzene rings is 5. The van der Waals surface area contributed by atoms with Gasteiger partial charge >= 0.3 is 17.6 Å². The highest BCUT2D eigenvalue weighted by Crippen LogP contribution is 2.71. The predicted molar refractivity (Wildman–Crippen MR) is 347 cm³/mol. The van der Waals surface area contributed by atoms with Crippen LogP contribution in [-0.4, -0.2) is 70.7 Å². The SMILES string of the molecule is C/C(CO)=C1\CCc2ccc3cc2CC[C@@]24CCC[C@]5(Oc6ccc7c(CO)c([C@H](CCO)COCO)c(=O)oc7c6[C@@H](OC(=O)C[C@H]6C[C@H](c7cccc8c7C=C[C@@H]7CCC[C@@H]9C=Cc%10ccccc%10[C@@]879)C=C[C@@H]36)[C@@H]5OC1=O)[C@@H]2C[C@H]1c2ccccc2C=C[C@@H]14. The number of hydrogen-bond donors (Lipinski definition) is 4. The van der Waals surface area contributed by atoms with Gasteiger partial charge in [-0.3, -0.25) is 4.79 Å². The van der Waals surface area contributed by atoms with Crippen molar-refractivity contribution in [3.63, 3.8) is 0 Å². The highest BCUT2D eigenvalue weighted by molar-refractivity contribution is 5.91.